The highest BCUT2D eigenvalue weighted by Crippen LogP contribution is 2.49. The smallest absolute Gasteiger partial charge is 0.296 e. The molecule has 8 aromatic rings. The summed E-state index contributed by atoms with van der Waals surface area (Å²) < 4.78 is 97.3. The number of halogens is 2. The van der Waals surface area contributed by atoms with E-state index in [2.05, 4.69) is 52.9 Å². The molecule has 24 heteroatoms. The van der Waals surface area contributed by atoms with Gasteiger partial charge in [0, 0.05) is 38.6 Å². The summed E-state index contributed by atoms with van der Waals surface area (Å²) >= 11 is 13.1. The van der Waals surface area contributed by atoms with E-state index in [0.29, 0.717) is 21.7 Å². The molecule has 0 radical (unpaired) electrons. The van der Waals surface area contributed by atoms with Crippen molar-refractivity contribution in [3.63, 3.8) is 0 Å². The standard InChI is InChI=1S/C47H32Cl2N10O8S4/c1-26-6-19-35(20-7-26)69(60,61)59-32-13-9-29(10-14-32)42-38(25-51)46(68-47(42)58-55-34-15-8-28-4-3-5-40(36(28)22-34)70(62,63)64)57-56-43-27(2)37(24-50)44(54-45(43)52-31-16-11-30(48)12-17-31)53-33-18-21-39(49)41(23-33)71(65,66)67/h3-23,59H,1-2H3,(H2,52,53,54)(H,62,63,64)(H,65,66,67). The zero-order valence-electron chi connectivity index (χ0n) is 36.5. The van der Waals surface area contributed by atoms with Gasteiger partial charge in [-0.25, -0.2) is 13.4 Å². The van der Waals surface area contributed by atoms with Gasteiger partial charge in [0.15, 0.2) is 16.6 Å². The Bertz CT molecular complexity index is 3940. The molecule has 71 heavy (non-hydrogen) atoms. The first-order valence-corrected chi connectivity index (χ1v) is 26.3. The van der Waals surface area contributed by atoms with Crippen molar-refractivity contribution in [3.8, 4) is 23.3 Å². The number of anilines is 5. The lowest BCUT2D eigenvalue weighted by Crippen LogP contribution is -2.12. The number of fused-ring (bicyclic) bond motifs is 1. The first-order chi connectivity index (χ1) is 33.7. The number of hydrogen-bond acceptors (Lipinski definition) is 16. The zero-order valence-corrected chi connectivity index (χ0v) is 41.3. The number of nitrogens with one attached hydrogen (secondary N) is 3. The van der Waals surface area contributed by atoms with Gasteiger partial charge >= 0.3 is 0 Å². The summed E-state index contributed by atoms with van der Waals surface area (Å²) in [6, 6.07) is 35.9. The summed E-state index contributed by atoms with van der Waals surface area (Å²) in [7, 11) is -13.3. The SMILES string of the molecule is Cc1ccc(S(=O)(=O)Nc2ccc(-c3c(N=Nc4ccc5cccc(S(=O)(=O)O)c5c4)sc(N=Nc4c(Nc5ccc(Cl)cc5)nc(Nc5ccc(Cl)c(S(=O)(=O)O)c5)c(C#N)c4C)c3C#N)cc2)cc1. The predicted octanol–water partition coefficient (Wildman–Crippen LogP) is 13.2. The number of hydrogen-bond donors (Lipinski definition) is 5. The fraction of sp³-hybridized carbons (Fsp3) is 0.0426. The van der Waals surface area contributed by atoms with Gasteiger partial charge in [-0.3, -0.25) is 13.8 Å². The number of rotatable bonds is 14. The van der Waals surface area contributed by atoms with Crippen molar-refractivity contribution in [2.75, 3.05) is 15.4 Å². The Kier molecular flexibility index (Phi) is 14.0. The van der Waals surface area contributed by atoms with Gasteiger partial charge in [-0.05, 0) is 110 Å². The van der Waals surface area contributed by atoms with Crippen LogP contribution >= 0.6 is 34.5 Å². The van der Waals surface area contributed by atoms with Crippen LogP contribution in [-0.4, -0.2) is 39.3 Å². The van der Waals surface area contributed by atoms with Crippen LogP contribution in [0.5, 0.6) is 0 Å². The van der Waals surface area contributed by atoms with Crippen LogP contribution in [0.1, 0.15) is 22.3 Å². The third-order valence-electron chi connectivity index (χ3n) is 10.4. The maximum Gasteiger partial charge on any atom is 0.296 e. The first kappa shape index (κ1) is 49.8. The van der Waals surface area contributed by atoms with E-state index < -0.39 is 35.2 Å². The number of azo groups is 2. The molecule has 0 saturated carbocycles. The Balaban J connectivity index is 1.25. The lowest BCUT2D eigenvalue weighted by atomic mass is 10.0. The van der Waals surface area contributed by atoms with E-state index in [-0.39, 0.29) is 86.8 Å². The van der Waals surface area contributed by atoms with E-state index in [4.69, 9.17) is 23.2 Å². The van der Waals surface area contributed by atoms with Crippen LogP contribution in [0, 0.1) is 36.5 Å². The quantitative estimate of drug-likeness (QED) is 0.0501. The molecule has 5 N–H and O–H groups in total. The molecule has 6 aromatic carbocycles. The second-order valence-electron chi connectivity index (χ2n) is 15.3. The fourth-order valence-corrected chi connectivity index (χ4v) is 10.8. The monoisotopic (exact) mass is 1060 g/mol. The van der Waals surface area contributed by atoms with Crippen LogP contribution in [0.25, 0.3) is 21.9 Å². The Morgan fingerprint density at radius 1 is 0.634 bits per heavy atom. The van der Waals surface area contributed by atoms with Crippen molar-refractivity contribution in [1.29, 1.82) is 10.5 Å². The van der Waals surface area contributed by atoms with Crippen LogP contribution in [-0.2, 0) is 30.3 Å². The molecule has 0 aliphatic heterocycles. The average molecular weight is 1060 g/mol. The van der Waals surface area contributed by atoms with Gasteiger partial charge in [0.25, 0.3) is 30.3 Å². The number of nitriles is 2. The molecule has 0 saturated heterocycles. The normalized spacial score (nSPS) is 12.0. The largest absolute Gasteiger partial charge is 0.339 e. The van der Waals surface area contributed by atoms with Gasteiger partial charge in [0.05, 0.1) is 21.2 Å². The van der Waals surface area contributed by atoms with E-state index in [1.807, 2.05) is 6.92 Å². The second kappa shape index (κ2) is 20.0. The molecule has 0 aliphatic carbocycles. The fourth-order valence-electron chi connectivity index (χ4n) is 6.99. The molecule has 0 aliphatic rings. The predicted molar refractivity (Wildman–Crippen MR) is 272 cm³/mol. The highest BCUT2D eigenvalue weighted by Gasteiger charge is 2.24. The third kappa shape index (κ3) is 11.1. The van der Waals surface area contributed by atoms with Gasteiger partial charge in [0.1, 0.15) is 38.2 Å². The van der Waals surface area contributed by atoms with Crippen LogP contribution in [0.2, 0.25) is 10.0 Å². The van der Waals surface area contributed by atoms with Gasteiger partial charge in [0.2, 0.25) is 0 Å². The Labute approximate surface area is 420 Å². The van der Waals surface area contributed by atoms with Gasteiger partial charge in [-0.2, -0.15) is 27.4 Å². The van der Waals surface area contributed by atoms with E-state index in [1.54, 1.807) is 73.7 Å². The average Bonchev–Trinajstić information content (AvgIpc) is 3.68. The van der Waals surface area contributed by atoms with E-state index in [1.165, 1.54) is 54.6 Å². The minimum Gasteiger partial charge on any atom is -0.339 e. The van der Waals surface area contributed by atoms with Crippen molar-refractivity contribution in [2.45, 2.75) is 28.5 Å². The van der Waals surface area contributed by atoms with E-state index in [9.17, 15) is 44.9 Å². The summed E-state index contributed by atoms with van der Waals surface area (Å²) in [5.74, 6) is -0.0108. The molecule has 356 valence electrons. The molecule has 0 atom stereocenters. The highest BCUT2D eigenvalue weighted by molar-refractivity contribution is 7.92. The summed E-state index contributed by atoms with van der Waals surface area (Å²) in [5.41, 5.74) is 2.66. The van der Waals surface area contributed by atoms with E-state index in [0.717, 1.165) is 23.0 Å². The van der Waals surface area contributed by atoms with E-state index >= 15 is 0 Å². The third-order valence-corrected chi connectivity index (χ3v) is 15.3. The van der Waals surface area contributed by atoms with Gasteiger partial charge < -0.3 is 10.6 Å². The van der Waals surface area contributed by atoms with Crippen molar-refractivity contribution in [3.05, 3.63) is 160 Å². The highest BCUT2D eigenvalue weighted by atomic mass is 35.5. The number of aromatic nitrogens is 1. The molecule has 0 amide bonds. The van der Waals surface area contributed by atoms with Crippen molar-refractivity contribution in [2.24, 2.45) is 20.5 Å². The summed E-state index contributed by atoms with van der Waals surface area (Å²) in [6.45, 7) is 3.40. The minimum absolute atomic E-state index is 0.0178. The number of sulfonamides is 1. The summed E-state index contributed by atoms with van der Waals surface area (Å²) in [4.78, 5) is 3.76. The van der Waals surface area contributed by atoms with Crippen LogP contribution in [0.3, 0.4) is 0 Å². The van der Waals surface area contributed by atoms with Crippen molar-refractivity contribution < 1.29 is 34.4 Å². The van der Waals surface area contributed by atoms with Gasteiger partial charge in [-0.1, -0.05) is 82.6 Å². The molecular formula is C47H32Cl2N10O8S4. The molecular weight excluding hydrogens is 1030 g/mol. The molecule has 8 rings (SSSR count). The number of thiophene rings is 1. The second-order valence-corrected chi connectivity index (χ2v) is 21.5. The lowest BCUT2D eigenvalue weighted by Gasteiger charge is -2.16. The number of nitrogens with zero attached hydrogens (tertiary/aromatic N) is 7. The van der Waals surface area contributed by atoms with Crippen LogP contribution in [0.4, 0.5) is 50.1 Å². The molecule has 0 bridgehead atoms. The van der Waals surface area contributed by atoms with Crippen molar-refractivity contribution in [1.82, 2.24) is 4.98 Å². The zero-order chi connectivity index (χ0) is 50.8. The Morgan fingerprint density at radius 3 is 1.93 bits per heavy atom. The summed E-state index contributed by atoms with van der Waals surface area (Å²) in [6.07, 6.45) is 0. The van der Waals surface area contributed by atoms with Crippen LogP contribution < -0.4 is 15.4 Å². The Morgan fingerprint density at radius 2 is 1.27 bits per heavy atom. The number of benzene rings is 6. The van der Waals surface area contributed by atoms with Crippen molar-refractivity contribution >= 4 is 126 Å². The first-order valence-electron chi connectivity index (χ1n) is 20.3. The lowest BCUT2D eigenvalue weighted by molar-refractivity contribution is 0.481. The Hall–Kier alpha value is -7.64. The molecule has 0 unspecified atom stereocenters. The topological polar surface area (TPSA) is 289 Å². The van der Waals surface area contributed by atoms with Gasteiger partial charge in [-0.15, -0.1) is 20.5 Å². The maximum atomic E-state index is 13.2. The summed E-state index contributed by atoms with van der Waals surface area (Å²) in [5, 5.41) is 46.2. The molecule has 2 heterocycles. The number of aryl methyl sites for hydroxylation is 1. The molecule has 2 aromatic heterocycles. The molecule has 18 nitrogen and oxygen atoms in total. The molecule has 0 fully saturated rings. The molecule has 0 spiro atoms. The maximum absolute atomic E-state index is 13.2. The number of pyridine rings is 1. The van der Waals surface area contributed by atoms with Crippen LogP contribution in [0.15, 0.2) is 163 Å². The minimum atomic E-state index is -4.74.